The molecule has 1 aliphatic carbocycles. The summed E-state index contributed by atoms with van der Waals surface area (Å²) < 4.78 is 0. The van der Waals surface area contributed by atoms with Gasteiger partial charge in [-0.2, -0.15) is 0 Å². The number of piperazine rings is 1. The first kappa shape index (κ1) is 20.8. The van der Waals surface area contributed by atoms with E-state index in [9.17, 15) is 9.59 Å². The minimum Gasteiger partial charge on any atom is -0.345 e. The molecule has 0 saturated carbocycles. The van der Waals surface area contributed by atoms with Crippen molar-refractivity contribution in [2.45, 2.75) is 46.0 Å². The molecule has 1 saturated heterocycles. The van der Waals surface area contributed by atoms with Crippen LogP contribution in [-0.4, -0.2) is 47.9 Å². The van der Waals surface area contributed by atoms with Gasteiger partial charge in [-0.25, -0.2) is 4.98 Å². The van der Waals surface area contributed by atoms with Gasteiger partial charge in [0.05, 0.1) is 5.69 Å². The summed E-state index contributed by atoms with van der Waals surface area (Å²) in [6.45, 7) is 9.09. The fourth-order valence-electron chi connectivity index (χ4n) is 4.15. The summed E-state index contributed by atoms with van der Waals surface area (Å²) >= 11 is 1.72. The number of anilines is 2. The Kier molecular flexibility index (Phi) is 6.09. The number of aromatic nitrogens is 1. The van der Waals surface area contributed by atoms with Crippen LogP contribution in [0.3, 0.4) is 0 Å². The molecule has 160 valence electrons. The molecule has 2 amide bonds. The lowest BCUT2D eigenvalue weighted by Crippen LogP contribution is -2.48. The minimum atomic E-state index is -0.0110. The summed E-state index contributed by atoms with van der Waals surface area (Å²) in [6, 6.07) is 8.14. The molecule has 0 spiro atoms. The summed E-state index contributed by atoms with van der Waals surface area (Å²) in [6.07, 6.45) is 2.45. The maximum Gasteiger partial charge on any atom is 0.227 e. The van der Waals surface area contributed by atoms with E-state index in [0.29, 0.717) is 5.92 Å². The van der Waals surface area contributed by atoms with Crippen LogP contribution >= 0.6 is 11.3 Å². The van der Waals surface area contributed by atoms with E-state index in [0.717, 1.165) is 62.0 Å². The molecule has 6 nitrogen and oxygen atoms in total. The van der Waals surface area contributed by atoms with Gasteiger partial charge in [0.15, 0.2) is 5.13 Å². The molecule has 2 aliphatic rings. The predicted octanol–water partition coefficient (Wildman–Crippen LogP) is 3.68. The van der Waals surface area contributed by atoms with E-state index in [4.69, 9.17) is 4.98 Å². The second-order valence-electron chi connectivity index (χ2n) is 8.57. The van der Waals surface area contributed by atoms with Crippen molar-refractivity contribution in [3.05, 3.63) is 40.4 Å². The number of nitrogens with one attached hydrogen (secondary N) is 1. The molecule has 2 heterocycles. The van der Waals surface area contributed by atoms with E-state index in [2.05, 4.69) is 36.2 Å². The monoisotopic (exact) mass is 426 g/mol. The van der Waals surface area contributed by atoms with Crippen LogP contribution in [0.4, 0.5) is 10.8 Å². The van der Waals surface area contributed by atoms with E-state index in [1.165, 1.54) is 10.4 Å². The van der Waals surface area contributed by atoms with Gasteiger partial charge in [0, 0.05) is 49.6 Å². The summed E-state index contributed by atoms with van der Waals surface area (Å²) in [7, 11) is 0. The molecule has 1 aliphatic heterocycles. The Labute approximate surface area is 182 Å². The van der Waals surface area contributed by atoms with Crippen molar-refractivity contribution in [1.29, 1.82) is 0 Å². The molecule has 1 atom stereocenters. The van der Waals surface area contributed by atoms with Gasteiger partial charge in [-0.3, -0.25) is 9.59 Å². The van der Waals surface area contributed by atoms with Crippen LogP contribution < -0.4 is 10.2 Å². The lowest BCUT2D eigenvalue weighted by atomic mass is 9.90. The number of hydrogen-bond acceptors (Lipinski definition) is 5. The smallest absolute Gasteiger partial charge is 0.227 e. The summed E-state index contributed by atoms with van der Waals surface area (Å²) in [4.78, 5) is 34.7. The third-order valence-corrected chi connectivity index (χ3v) is 7.30. The van der Waals surface area contributed by atoms with Crippen LogP contribution in [0, 0.1) is 5.92 Å². The summed E-state index contributed by atoms with van der Waals surface area (Å²) in [5.41, 5.74) is 3.26. The molecule has 1 fully saturated rings. The van der Waals surface area contributed by atoms with E-state index in [1.54, 1.807) is 18.3 Å². The molecule has 0 bridgehead atoms. The second-order valence-corrected chi connectivity index (χ2v) is 9.63. The number of fused-ring (bicyclic) bond motifs is 1. The Bertz CT molecular complexity index is 931. The van der Waals surface area contributed by atoms with Crippen molar-refractivity contribution < 1.29 is 9.59 Å². The number of amides is 2. The third kappa shape index (κ3) is 4.51. The zero-order valence-corrected chi connectivity index (χ0v) is 18.8. The number of rotatable bonds is 4. The Morgan fingerprint density at radius 1 is 1.20 bits per heavy atom. The SMILES string of the molecule is CC(=O)N1CCN(c2nc3c(s2)CC(C(=O)Nc2cccc(C(C)C)c2)CC3)CC1. The lowest BCUT2D eigenvalue weighted by molar-refractivity contribution is -0.129. The fraction of sp³-hybridized carbons (Fsp3) is 0.522. The van der Waals surface area contributed by atoms with Crippen molar-refractivity contribution in [3.63, 3.8) is 0 Å². The van der Waals surface area contributed by atoms with Crippen molar-refractivity contribution in [3.8, 4) is 0 Å². The zero-order valence-electron chi connectivity index (χ0n) is 18.0. The molecule has 30 heavy (non-hydrogen) atoms. The standard InChI is InChI=1S/C23H30N4O2S/c1-15(2)17-5-4-6-19(13-17)24-22(29)18-7-8-20-21(14-18)30-23(25-20)27-11-9-26(10-12-27)16(3)28/h4-6,13,15,18H,7-12,14H2,1-3H3,(H,24,29). The average molecular weight is 427 g/mol. The van der Waals surface area contributed by atoms with Crippen LogP contribution in [0.1, 0.15) is 49.2 Å². The van der Waals surface area contributed by atoms with E-state index in [-0.39, 0.29) is 17.7 Å². The van der Waals surface area contributed by atoms with Gasteiger partial charge in [0.25, 0.3) is 0 Å². The Morgan fingerprint density at radius 3 is 2.67 bits per heavy atom. The molecule has 7 heteroatoms. The largest absolute Gasteiger partial charge is 0.345 e. The second kappa shape index (κ2) is 8.76. The number of thiazole rings is 1. The van der Waals surface area contributed by atoms with Crippen LogP contribution in [0.5, 0.6) is 0 Å². The van der Waals surface area contributed by atoms with Gasteiger partial charge < -0.3 is 15.1 Å². The van der Waals surface area contributed by atoms with Gasteiger partial charge in [0.1, 0.15) is 0 Å². The lowest BCUT2D eigenvalue weighted by Gasteiger charge is -2.33. The number of carbonyl (C=O) groups is 2. The highest BCUT2D eigenvalue weighted by Crippen LogP contribution is 2.35. The molecular weight excluding hydrogens is 396 g/mol. The van der Waals surface area contributed by atoms with Crippen molar-refractivity contribution in [2.24, 2.45) is 5.92 Å². The molecule has 1 aromatic carbocycles. The van der Waals surface area contributed by atoms with Gasteiger partial charge >= 0.3 is 0 Å². The summed E-state index contributed by atoms with van der Waals surface area (Å²) in [5, 5.41) is 4.16. The van der Waals surface area contributed by atoms with Crippen LogP contribution in [0.2, 0.25) is 0 Å². The highest BCUT2D eigenvalue weighted by Gasteiger charge is 2.29. The van der Waals surface area contributed by atoms with Gasteiger partial charge in [0.2, 0.25) is 11.8 Å². The number of carbonyl (C=O) groups excluding carboxylic acids is 2. The molecule has 1 N–H and O–H groups in total. The van der Waals surface area contributed by atoms with Gasteiger partial charge in [-0.05, 0) is 42.9 Å². The molecule has 1 aromatic heterocycles. The Hall–Kier alpha value is -2.41. The highest BCUT2D eigenvalue weighted by atomic mass is 32.1. The van der Waals surface area contributed by atoms with Gasteiger partial charge in [-0.15, -0.1) is 11.3 Å². The molecule has 0 radical (unpaired) electrons. The number of hydrogen-bond donors (Lipinski definition) is 1. The predicted molar refractivity (Wildman–Crippen MR) is 121 cm³/mol. The quantitative estimate of drug-likeness (QED) is 0.810. The first-order valence-electron chi connectivity index (χ1n) is 10.8. The Morgan fingerprint density at radius 2 is 1.97 bits per heavy atom. The van der Waals surface area contributed by atoms with Crippen molar-refractivity contribution >= 4 is 34.0 Å². The normalized spacial score (nSPS) is 19.0. The molecule has 4 rings (SSSR count). The highest BCUT2D eigenvalue weighted by molar-refractivity contribution is 7.15. The van der Waals surface area contributed by atoms with Crippen LogP contribution in [-0.2, 0) is 22.4 Å². The first-order valence-corrected chi connectivity index (χ1v) is 11.6. The maximum absolute atomic E-state index is 12.9. The zero-order chi connectivity index (χ0) is 21.3. The van der Waals surface area contributed by atoms with E-state index >= 15 is 0 Å². The molecule has 2 aromatic rings. The van der Waals surface area contributed by atoms with Crippen LogP contribution in [0.15, 0.2) is 24.3 Å². The third-order valence-electron chi connectivity index (χ3n) is 6.12. The first-order chi connectivity index (χ1) is 14.4. The van der Waals surface area contributed by atoms with Crippen LogP contribution in [0.25, 0.3) is 0 Å². The minimum absolute atomic E-state index is 0.0110. The van der Waals surface area contributed by atoms with E-state index in [1.807, 2.05) is 17.0 Å². The van der Waals surface area contributed by atoms with E-state index < -0.39 is 0 Å². The average Bonchev–Trinajstić information content (AvgIpc) is 3.17. The number of nitrogens with zero attached hydrogens (tertiary/aromatic N) is 3. The Balaban J connectivity index is 1.39. The maximum atomic E-state index is 12.9. The van der Waals surface area contributed by atoms with Gasteiger partial charge in [-0.1, -0.05) is 26.0 Å². The summed E-state index contributed by atoms with van der Waals surface area (Å²) in [5.74, 6) is 0.669. The number of benzene rings is 1. The topological polar surface area (TPSA) is 65.5 Å². The van der Waals surface area contributed by atoms with Crippen molar-refractivity contribution in [2.75, 3.05) is 36.4 Å². The van der Waals surface area contributed by atoms with Crippen molar-refractivity contribution in [1.82, 2.24) is 9.88 Å². The molecule has 1 unspecified atom stereocenters. The fourth-order valence-corrected chi connectivity index (χ4v) is 5.39. The number of aryl methyl sites for hydroxylation is 1. The molecular formula is C23H30N4O2S.